The molecule has 0 aromatic heterocycles. The summed E-state index contributed by atoms with van der Waals surface area (Å²) in [4.78, 5) is 11.5. The van der Waals surface area contributed by atoms with Crippen molar-refractivity contribution in [1.82, 2.24) is 0 Å². The van der Waals surface area contributed by atoms with Gasteiger partial charge in [-0.25, -0.2) is 0 Å². The van der Waals surface area contributed by atoms with Crippen LogP contribution in [0.3, 0.4) is 0 Å². The van der Waals surface area contributed by atoms with Crippen molar-refractivity contribution in [1.29, 1.82) is 0 Å². The van der Waals surface area contributed by atoms with Crippen molar-refractivity contribution in [3.8, 4) is 0 Å². The van der Waals surface area contributed by atoms with Gasteiger partial charge in [-0.15, -0.1) is 0 Å². The first-order valence-corrected chi connectivity index (χ1v) is 6.82. The van der Waals surface area contributed by atoms with Crippen LogP contribution >= 0.6 is 0 Å². The second-order valence-corrected chi connectivity index (χ2v) is 5.08. The molecule has 1 heterocycles. The zero-order chi connectivity index (χ0) is 13.7. The number of hydrogen-bond donors (Lipinski definition) is 1. The van der Waals surface area contributed by atoms with E-state index in [-0.39, 0.29) is 24.4 Å². The average molecular weight is 270 g/mol. The molecule has 1 aliphatic heterocycles. The molecule has 1 saturated heterocycles. The van der Waals surface area contributed by atoms with Crippen LogP contribution in [-0.2, 0) is 19.0 Å². The van der Waals surface area contributed by atoms with Crippen molar-refractivity contribution in [2.24, 2.45) is 11.8 Å². The van der Waals surface area contributed by atoms with E-state index < -0.39 is 5.79 Å². The molecule has 5 nitrogen and oxygen atoms in total. The molecule has 2 fully saturated rings. The van der Waals surface area contributed by atoms with Crippen LogP contribution < -0.4 is 0 Å². The maximum Gasteiger partial charge on any atom is 0.305 e. The van der Waals surface area contributed by atoms with Crippen LogP contribution in [0, 0.1) is 11.8 Å². The van der Waals surface area contributed by atoms with Crippen molar-refractivity contribution >= 4 is 5.97 Å². The summed E-state index contributed by atoms with van der Waals surface area (Å²) in [6, 6.07) is 0. The van der Waals surface area contributed by atoms with Gasteiger partial charge in [-0.1, -0.05) is 12.2 Å². The average Bonchev–Trinajstić information content (AvgIpc) is 3.01. The van der Waals surface area contributed by atoms with E-state index in [0.29, 0.717) is 19.6 Å². The number of hydrogen-bond acceptors (Lipinski definition) is 5. The molecule has 1 aliphatic carbocycles. The lowest BCUT2D eigenvalue weighted by molar-refractivity contribution is -0.186. The normalized spacial score (nSPS) is 29.4. The molecule has 2 atom stereocenters. The van der Waals surface area contributed by atoms with Gasteiger partial charge in [0.15, 0.2) is 5.79 Å². The van der Waals surface area contributed by atoms with Gasteiger partial charge in [0.25, 0.3) is 0 Å². The fourth-order valence-electron chi connectivity index (χ4n) is 3.19. The molecule has 0 amide bonds. The summed E-state index contributed by atoms with van der Waals surface area (Å²) in [6.45, 7) is 1.26. The lowest BCUT2D eigenvalue weighted by Crippen LogP contribution is -2.37. The van der Waals surface area contributed by atoms with Gasteiger partial charge in [-0.05, 0) is 18.8 Å². The van der Waals surface area contributed by atoms with E-state index in [4.69, 9.17) is 19.3 Å². The molecule has 0 radical (unpaired) electrons. The molecule has 2 rings (SSSR count). The molecular weight excluding hydrogens is 248 g/mol. The predicted octanol–water partition coefficient (Wildman–Crippen LogP) is 1.26. The zero-order valence-corrected chi connectivity index (χ0v) is 11.3. The summed E-state index contributed by atoms with van der Waals surface area (Å²) in [5.41, 5.74) is 0. The summed E-state index contributed by atoms with van der Waals surface area (Å²) in [7, 11) is 1.41. The summed E-state index contributed by atoms with van der Waals surface area (Å²) in [5, 5.41) is 8.82. The van der Waals surface area contributed by atoms with E-state index in [0.717, 1.165) is 19.3 Å². The second-order valence-electron chi connectivity index (χ2n) is 5.08. The van der Waals surface area contributed by atoms with E-state index in [1.165, 1.54) is 7.11 Å². The number of carbonyl (C=O) groups excluding carboxylic acids is 1. The lowest BCUT2D eigenvalue weighted by atomic mass is 9.87. The fraction of sp³-hybridized carbons (Fsp3) is 0.786. The quantitative estimate of drug-likeness (QED) is 0.602. The second kappa shape index (κ2) is 6.50. The summed E-state index contributed by atoms with van der Waals surface area (Å²) in [6.07, 6.45) is 6.55. The lowest BCUT2D eigenvalue weighted by Gasteiger charge is -2.31. The number of ether oxygens (including phenoxy) is 3. The molecule has 2 aliphatic rings. The molecule has 108 valence electrons. The van der Waals surface area contributed by atoms with Crippen LogP contribution in [0.1, 0.15) is 25.7 Å². The third-order valence-corrected chi connectivity index (χ3v) is 4.09. The smallest absolute Gasteiger partial charge is 0.305 e. The van der Waals surface area contributed by atoms with Crippen molar-refractivity contribution in [3.05, 3.63) is 12.2 Å². The van der Waals surface area contributed by atoms with Crippen LogP contribution in [0.25, 0.3) is 0 Å². The highest BCUT2D eigenvalue weighted by molar-refractivity contribution is 5.69. The largest absolute Gasteiger partial charge is 0.469 e. The van der Waals surface area contributed by atoms with E-state index in [1.807, 2.05) is 6.08 Å². The van der Waals surface area contributed by atoms with Gasteiger partial charge in [0.05, 0.1) is 26.9 Å². The summed E-state index contributed by atoms with van der Waals surface area (Å²) < 4.78 is 16.4. The first kappa shape index (κ1) is 14.5. The third kappa shape index (κ3) is 3.16. The molecule has 0 aromatic rings. The Balaban J connectivity index is 2.05. The van der Waals surface area contributed by atoms with Gasteiger partial charge in [0, 0.05) is 18.8 Å². The maximum atomic E-state index is 11.5. The van der Waals surface area contributed by atoms with Gasteiger partial charge < -0.3 is 19.3 Å². The van der Waals surface area contributed by atoms with Crippen LogP contribution in [-0.4, -0.2) is 43.8 Å². The minimum absolute atomic E-state index is 0.0309. The molecule has 1 N–H and O–H groups in total. The van der Waals surface area contributed by atoms with Crippen molar-refractivity contribution in [2.75, 3.05) is 26.9 Å². The molecule has 19 heavy (non-hydrogen) atoms. The van der Waals surface area contributed by atoms with Crippen molar-refractivity contribution in [2.45, 2.75) is 31.5 Å². The third-order valence-electron chi connectivity index (χ3n) is 4.09. The highest BCUT2D eigenvalue weighted by atomic mass is 16.7. The van der Waals surface area contributed by atoms with E-state index in [9.17, 15) is 4.79 Å². The Morgan fingerprint density at radius 3 is 2.79 bits per heavy atom. The minimum atomic E-state index is -0.529. The topological polar surface area (TPSA) is 65.0 Å². The number of allylic oxidation sites excluding steroid dienone is 1. The van der Waals surface area contributed by atoms with Gasteiger partial charge in [-0.3, -0.25) is 4.79 Å². The molecule has 1 spiro atoms. The van der Waals surface area contributed by atoms with E-state index in [2.05, 4.69) is 0 Å². The molecular formula is C14H22O5. The van der Waals surface area contributed by atoms with Gasteiger partial charge in [0.2, 0.25) is 0 Å². The van der Waals surface area contributed by atoms with Crippen molar-refractivity contribution < 1.29 is 24.1 Å². The van der Waals surface area contributed by atoms with Gasteiger partial charge in [0.1, 0.15) is 0 Å². The standard InChI is InChI=1S/C14H22O5/c1-17-13(16)10-11-5-6-14(18-8-9-19-14)12(11)4-2-3-7-15/h2-3,11-12,15H,4-10H2,1H3/b3-2+/t11-,12-/m1/s1. The number of methoxy groups -OCH3 is 1. The highest BCUT2D eigenvalue weighted by Gasteiger charge is 2.52. The highest BCUT2D eigenvalue weighted by Crippen LogP contribution is 2.49. The number of aliphatic hydroxyl groups is 1. The van der Waals surface area contributed by atoms with Gasteiger partial charge >= 0.3 is 5.97 Å². The number of rotatable bonds is 5. The number of esters is 1. The Kier molecular flexibility index (Phi) is 4.96. The fourth-order valence-corrected chi connectivity index (χ4v) is 3.19. The molecule has 0 aromatic carbocycles. The van der Waals surface area contributed by atoms with Crippen molar-refractivity contribution in [3.63, 3.8) is 0 Å². The van der Waals surface area contributed by atoms with Crippen LogP contribution in [0.4, 0.5) is 0 Å². The van der Waals surface area contributed by atoms with E-state index >= 15 is 0 Å². The number of aliphatic hydroxyl groups excluding tert-OH is 1. The molecule has 1 saturated carbocycles. The maximum absolute atomic E-state index is 11.5. The van der Waals surface area contributed by atoms with Crippen LogP contribution in [0.15, 0.2) is 12.2 Å². The Bertz CT molecular complexity index is 333. The monoisotopic (exact) mass is 270 g/mol. The van der Waals surface area contributed by atoms with Gasteiger partial charge in [-0.2, -0.15) is 0 Å². The molecule has 5 heteroatoms. The Hall–Kier alpha value is -0.910. The number of carbonyl (C=O) groups is 1. The van der Waals surface area contributed by atoms with Crippen LogP contribution in [0.2, 0.25) is 0 Å². The Labute approximate surface area is 113 Å². The summed E-state index contributed by atoms with van der Waals surface area (Å²) >= 11 is 0. The zero-order valence-electron chi connectivity index (χ0n) is 11.3. The summed E-state index contributed by atoms with van der Waals surface area (Å²) in [5.74, 6) is -0.347. The van der Waals surface area contributed by atoms with E-state index in [1.54, 1.807) is 6.08 Å². The molecule has 0 unspecified atom stereocenters. The Morgan fingerprint density at radius 2 is 2.16 bits per heavy atom. The SMILES string of the molecule is COC(=O)C[C@H]1CCC2(OCCO2)[C@@H]1C/C=C/CO. The Morgan fingerprint density at radius 1 is 1.42 bits per heavy atom. The molecule has 0 bridgehead atoms. The predicted molar refractivity (Wildman–Crippen MR) is 68.3 cm³/mol. The first-order chi connectivity index (χ1) is 9.22. The van der Waals surface area contributed by atoms with Crippen LogP contribution in [0.5, 0.6) is 0 Å². The minimum Gasteiger partial charge on any atom is -0.469 e. The first-order valence-electron chi connectivity index (χ1n) is 6.82.